The first kappa shape index (κ1) is 11.6. The van der Waals surface area contributed by atoms with Crippen LogP contribution in [0, 0.1) is 6.92 Å². The molecule has 0 radical (unpaired) electrons. The smallest absolute Gasteiger partial charge is 0.261 e. The van der Waals surface area contributed by atoms with Crippen molar-refractivity contribution in [2.75, 3.05) is 5.32 Å². The molecule has 0 spiro atoms. The summed E-state index contributed by atoms with van der Waals surface area (Å²) in [6.45, 7) is 3.44. The number of hydrogen-bond donors (Lipinski definition) is 3. The molecule has 0 bridgehead atoms. The maximum Gasteiger partial charge on any atom is 0.261 e. The number of carbonyl (C=O) groups is 1. The minimum Gasteiger partial charge on any atom is -0.411 e. The molecule has 2 rings (SSSR count). The van der Waals surface area contributed by atoms with Gasteiger partial charge < -0.3 is 15.6 Å². The van der Waals surface area contributed by atoms with Gasteiger partial charge in [0.25, 0.3) is 5.91 Å². The van der Waals surface area contributed by atoms with Crippen molar-refractivity contribution in [1.29, 1.82) is 0 Å². The summed E-state index contributed by atoms with van der Waals surface area (Å²) in [7, 11) is 0. The van der Waals surface area contributed by atoms with Gasteiger partial charge in [0.1, 0.15) is 0 Å². The van der Waals surface area contributed by atoms with Crippen LogP contribution in [0.1, 0.15) is 24.5 Å². The molecule has 0 aliphatic carbocycles. The Kier molecular flexibility index (Phi) is 2.63. The lowest BCUT2D eigenvalue weighted by atomic mass is 9.89. The molecular formula is C12H14N2O3. The van der Waals surface area contributed by atoms with Crippen LogP contribution >= 0.6 is 0 Å². The Hall–Kier alpha value is -1.88. The van der Waals surface area contributed by atoms with Crippen molar-refractivity contribution in [3.8, 4) is 0 Å². The number of nitrogens with one attached hydrogen (secondary N) is 1. The van der Waals surface area contributed by atoms with Gasteiger partial charge >= 0.3 is 0 Å². The quantitative estimate of drug-likeness (QED) is 0.410. The highest BCUT2D eigenvalue weighted by Crippen LogP contribution is 2.38. The molecule has 1 heterocycles. The van der Waals surface area contributed by atoms with Crippen molar-refractivity contribution in [1.82, 2.24) is 0 Å². The summed E-state index contributed by atoms with van der Waals surface area (Å²) in [6, 6.07) is 5.38. The normalized spacial score (nSPS) is 23.5. The maximum atomic E-state index is 11.8. The predicted molar refractivity (Wildman–Crippen MR) is 63.2 cm³/mol. The highest BCUT2D eigenvalue weighted by Gasteiger charge is 2.45. The molecule has 5 heteroatoms. The van der Waals surface area contributed by atoms with Crippen LogP contribution in [0.15, 0.2) is 23.4 Å². The van der Waals surface area contributed by atoms with Crippen LogP contribution < -0.4 is 5.32 Å². The van der Waals surface area contributed by atoms with Gasteiger partial charge in [-0.1, -0.05) is 22.9 Å². The molecule has 1 atom stereocenters. The first-order chi connectivity index (χ1) is 7.97. The summed E-state index contributed by atoms with van der Waals surface area (Å²) in [5.74, 6) is -0.485. The molecule has 1 aromatic rings. The molecule has 0 fully saturated rings. The lowest BCUT2D eigenvalue weighted by molar-refractivity contribution is -0.132. The lowest BCUT2D eigenvalue weighted by Gasteiger charge is -2.20. The number of hydrogen-bond acceptors (Lipinski definition) is 4. The van der Waals surface area contributed by atoms with E-state index in [0.29, 0.717) is 17.0 Å². The number of anilines is 1. The van der Waals surface area contributed by atoms with E-state index >= 15 is 0 Å². The third-order valence-electron chi connectivity index (χ3n) is 2.93. The summed E-state index contributed by atoms with van der Waals surface area (Å²) >= 11 is 0. The Morgan fingerprint density at radius 3 is 2.88 bits per heavy atom. The Labute approximate surface area is 98.8 Å². The molecule has 5 nitrogen and oxygen atoms in total. The highest BCUT2D eigenvalue weighted by molar-refractivity contribution is 6.07. The standard InChI is InChI=1S/C12H14N2O3/c1-7-3-4-10-9(5-7)12(16,11(15)13-10)6-8(2)14-17/h3-5,16-17H,6H2,1-2H3,(H,13,15)/b14-8+. The van der Waals surface area contributed by atoms with Crippen LogP contribution in [0.2, 0.25) is 0 Å². The fourth-order valence-electron chi connectivity index (χ4n) is 2.04. The monoisotopic (exact) mass is 234 g/mol. The largest absolute Gasteiger partial charge is 0.411 e. The Morgan fingerprint density at radius 2 is 2.24 bits per heavy atom. The van der Waals surface area contributed by atoms with E-state index < -0.39 is 11.5 Å². The number of carbonyl (C=O) groups excluding carboxylic acids is 1. The van der Waals surface area contributed by atoms with E-state index in [2.05, 4.69) is 10.5 Å². The zero-order valence-electron chi connectivity index (χ0n) is 9.69. The summed E-state index contributed by atoms with van der Waals surface area (Å²) in [6.07, 6.45) is -0.0220. The van der Waals surface area contributed by atoms with E-state index in [1.54, 1.807) is 19.1 Å². The van der Waals surface area contributed by atoms with Crippen LogP contribution in [-0.4, -0.2) is 21.9 Å². The fourth-order valence-corrected chi connectivity index (χ4v) is 2.04. The lowest BCUT2D eigenvalue weighted by Crippen LogP contribution is -2.36. The number of aliphatic hydroxyl groups is 1. The topological polar surface area (TPSA) is 81.9 Å². The minimum atomic E-state index is -1.64. The van der Waals surface area contributed by atoms with Crippen LogP contribution in [-0.2, 0) is 10.4 Å². The van der Waals surface area contributed by atoms with E-state index in [1.807, 2.05) is 13.0 Å². The van der Waals surface area contributed by atoms with Gasteiger partial charge in [-0.3, -0.25) is 4.79 Å². The number of fused-ring (bicyclic) bond motifs is 1. The van der Waals surface area contributed by atoms with Gasteiger partial charge in [0.2, 0.25) is 0 Å². The molecule has 3 N–H and O–H groups in total. The molecule has 17 heavy (non-hydrogen) atoms. The van der Waals surface area contributed by atoms with Crippen molar-refractivity contribution in [3.63, 3.8) is 0 Å². The number of amides is 1. The number of oxime groups is 1. The average Bonchev–Trinajstić information content (AvgIpc) is 2.52. The number of aryl methyl sites for hydroxylation is 1. The predicted octanol–water partition coefficient (Wildman–Crippen LogP) is 1.37. The van der Waals surface area contributed by atoms with Crippen molar-refractivity contribution >= 4 is 17.3 Å². The van der Waals surface area contributed by atoms with Gasteiger partial charge in [0.05, 0.1) is 5.71 Å². The van der Waals surface area contributed by atoms with Crippen molar-refractivity contribution in [2.45, 2.75) is 25.9 Å². The van der Waals surface area contributed by atoms with Crippen LogP contribution in [0.5, 0.6) is 0 Å². The SMILES string of the molecule is C/C(CC1(O)C(=O)Nc2ccc(C)cc21)=N\O. The van der Waals surface area contributed by atoms with Gasteiger partial charge in [-0.25, -0.2) is 0 Å². The van der Waals surface area contributed by atoms with E-state index in [0.717, 1.165) is 5.56 Å². The van der Waals surface area contributed by atoms with Gasteiger partial charge in [-0.15, -0.1) is 0 Å². The van der Waals surface area contributed by atoms with E-state index in [1.165, 1.54) is 0 Å². The van der Waals surface area contributed by atoms with Crippen LogP contribution in [0.3, 0.4) is 0 Å². The summed E-state index contributed by atoms with van der Waals surface area (Å²) < 4.78 is 0. The minimum absolute atomic E-state index is 0.0220. The zero-order valence-corrected chi connectivity index (χ0v) is 9.69. The zero-order chi connectivity index (χ0) is 12.6. The maximum absolute atomic E-state index is 11.8. The number of benzene rings is 1. The summed E-state index contributed by atoms with van der Waals surface area (Å²) in [5, 5.41) is 24.7. The highest BCUT2D eigenvalue weighted by atomic mass is 16.4. The Balaban J connectivity index is 2.49. The second-order valence-corrected chi connectivity index (χ2v) is 4.38. The van der Waals surface area contributed by atoms with Crippen molar-refractivity contribution < 1.29 is 15.1 Å². The average molecular weight is 234 g/mol. The second-order valence-electron chi connectivity index (χ2n) is 4.38. The Morgan fingerprint density at radius 1 is 1.53 bits per heavy atom. The first-order valence-electron chi connectivity index (χ1n) is 5.30. The molecule has 1 aromatic carbocycles. The molecule has 1 aliphatic rings. The number of nitrogens with zero attached hydrogens (tertiary/aromatic N) is 1. The van der Waals surface area contributed by atoms with Gasteiger partial charge in [-0.05, 0) is 19.9 Å². The molecule has 1 unspecified atom stereocenters. The molecule has 0 aromatic heterocycles. The van der Waals surface area contributed by atoms with E-state index in [-0.39, 0.29) is 6.42 Å². The van der Waals surface area contributed by atoms with E-state index in [4.69, 9.17) is 5.21 Å². The Bertz CT molecular complexity index is 510. The van der Waals surface area contributed by atoms with E-state index in [9.17, 15) is 9.90 Å². The van der Waals surface area contributed by atoms with Gasteiger partial charge in [-0.2, -0.15) is 0 Å². The van der Waals surface area contributed by atoms with Crippen molar-refractivity contribution in [2.24, 2.45) is 5.16 Å². The molecule has 1 amide bonds. The third-order valence-corrected chi connectivity index (χ3v) is 2.93. The molecular weight excluding hydrogens is 220 g/mol. The molecule has 90 valence electrons. The van der Waals surface area contributed by atoms with Gasteiger partial charge in [0, 0.05) is 17.7 Å². The van der Waals surface area contributed by atoms with Crippen molar-refractivity contribution in [3.05, 3.63) is 29.3 Å². The summed E-state index contributed by atoms with van der Waals surface area (Å²) in [4.78, 5) is 11.8. The van der Waals surface area contributed by atoms with Crippen LogP contribution in [0.4, 0.5) is 5.69 Å². The number of rotatable bonds is 2. The second kappa shape index (κ2) is 3.85. The molecule has 0 saturated heterocycles. The molecule has 1 aliphatic heterocycles. The first-order valence-corrected chi connectivity index (χ1v) is 5.30. The molecule has 0 saturated carbocycles. The van der Waals surface area contributed by atoms with Gasteiger partial charge in [0.15, 0.2) is 5.60 Å². The fraction of sp³-hybridized carbons (Fsp3) is 0.333. The third kappa shape index (κ3) is 1.78. The summed E-state index contributed by atoms with van der Waals surface area (Å²) in [5.41, 5.74) is 0.756. The van der Waals surface area contributed by atoms with Crippen LogP contribution in [0.25, 0.3) is 0 Å².